The van der Waals surface area contributed by atoms with Crippen LogP contribution >= 0.6 is 12.4 Å². The van der Waals surface area contributed by atoms with Crippen molar-refractivity contribution in [2.24, 2.45) is 5.73 Å². The zero-order valence-electron chi connectivity index (χ0n) is 5.90. The second kappa shape index (κ2) is 5.46. The third-order valence-corrected chi connectivity index (χ3v) is 0.941. The monoisotopic (exact) mass is 169 g/mol. The first-order chi connectivity index (χ1) is 4.09. The van der Waals surface area contributed by atoms with Gasteiger partial charge in [0.05, 0.1) is 7.11 Å². The van der Waals surface area contributed by atoms with Crippen LogP contribution in [0.1, 0.15) is 6.92 Å². The van der Waals surface area contributed by atoms with E-state index in [2.05, 4.69) is 4.74 Å². The lowest BCUT2D eigenvalue weighted by atomic mass is 10.2. The van der Waals surface area contributed by atoms with Crippen molar-refractivity contribution in [3.63, 3.8) is 0 Å². The van der Waals surface area contributed by atoms with Crippen molar-refractivity contribution >= 4 is 18.4 Å². The molecule has 0 aromatic rings. The number of aliphatic hydroxyl groups excluding tert-OH is 1. The van der Waals surface area contributed by atoms with E-state index in [4.69, 9.17) is 10.8 Å². The van der Waals surface area contributed by atoms with Gasteiger partial charge in [0, 0.05) is 6.04 Å². The summed E-state index contributed by atoms with van der Waals surface area (Å²) in [5, 5.41) is 8.80. The number of aliphatic hydroxyl groups is 1. The first kappa shape index (κ1) is 12.4. The molecule has 0 radical (unpaired) electrons. The molecule has 0 aliphatic heterocycles. The van der Waals surface area contributed by atoms with Crippen LogP contribution in [-0.4, -0.2) is 30.3 Å². The van der Waals surface area contributed by atoms with Gasteiger partial charge in [-0.15, -0.1) is 12.4 Å². The highest BCUT2D eigenvalue weighted by atomic mass is 35.5. The van der Waals surface area contributed by atoms with Crippen LogP contribution in [0.4, 0.5) is 0 Å². The lowest BCUT2D eigenvalue weighted by Gasteiger charge is -2.10. The van der Waals surface area contributed by atoms with E-state index < -0.39 is 18.1 Å². The van der Waals surface area contributed by atoms with Gasteiger partial charge in [0.25, 0.3) is 0 Å². The van der Waals surface area contributed by atoms with Crippen LogP contribution in [0.5, 0.6) is 0 Å². The highest BCUT2D eigenvalue weighted by Crippen LogP contribution is 1.90. The van der Waals surface area contributed by atoms with Crippen molar-refractivity contribution < 1.29 is 14.6 Å². The number of carbonyl (C=O) groups excluding carboxylic acids is 1. The van der Waals surface area contributed by atoms with Gasteiger partial charge in [-0.25, -0.2) is 4.79 Å². The molecule has 3 N–H and O–H groups in total. The van der Waals surface area contributed by atoms with Crippen molar-refractivity contribution in [1.82, 2.24) is 0 Å². The molecule has 0 rings (SSSR count). The molecule has 2 unspecified atom stereocenters. The number of ether oxygens (including phenoxy) is 1. The maximum Gasteiger partial charge on any atom is 0.336 e. The van der Waals surface area contributed by atoms with E-state index in [0.717, 1.165) is 0 Å². The van der Waals surface area contributed by atoms with E-state index in [9.17, 15) is 4.79 Å². The molecule has 0 aromatic carbocycles. The average Bonchev–Trinajstić information content (AvgIpc) is 1.84. The van der Waals surface area contributed by atoms with E-state index >= 15 is 0 Å². The van der Waals surface area contributed by atoms with Gasteiger partial charge in [-0.3, -0.25) is 0 Å². The fraction of sp³-hybridized carbons (Fsp3) is 0.800. The summed E-state index contributed by atoms with van der Waals surface area (Å²) in [4.78, 5) is 10.4. The number of rotatable bonds is 2. The van der Waals surface area contributed by atoms with E-state index in [1.54, 1.807) is 0 Å². The Hall–Kier alpha value is -0.320. The highest BCUT2D eigenvalue weighted by Gasteiger charge is 2.18. The largest absolute Gasteiger partial charge is 0.467 e. The molecule has 0 aromatic heterocycles. The maximum atomic E-state index is 10.4. The molecule has 0 fully saturated rings. The Balaban J connectivity index is 0. The summed E-state index contributed by atoms with van der Waals surface area (Å²) < 4.78 is 4.20. The minimum atomic E-state index is -1.20. The summed E-state index contributed by atoms with van der Waals surface area (Å²) in [5.74, 6) is -0.690. The van der Waals surface area contributed by atoms with Crippen molar-refractivity contribution in [3.05, 3.63) is 0 Å². The Morgan fingerprint density at radius 1 is 1.70 bits per heavy atom. The molecular formula is C5H12ClNO3. The van der Waals surface area contributed by atoms with Crippen molar-refractivity contribution in [1.29, 1.82) is 0 Å². The first-order valence-corrected chi connectivity index (χ1v) is 2.61. The van der Waals surface area contributed by atoms with Gasteiger partial charge in [-0.1, -0.05) is 0 Å². The van der Waals surface area contributed by atoms with E-state index in [0.29, 0.717) is 0 Å². The van der Waals surface area contributed by atoms with Gasteiger partial charge in [-0.2, -0.15) is 0 Å². The van der Waals surface area contributed by atoms with E-state index in [1.807, 2.05) is 0 Å². The summed E-state index contributed by atoms with van der Waals surface area (Å²) in [6.07, 6.45) is -1.20. The molecule has 2 atom stereocenters. The fourth-order valence-corrected chi connectivity index (χ4v) is 0.335. The van der Waals surface area contributed by atoms with Gasteiger partial charge in [-0.05, 0) is 6.92 Å². The molecule has 0 saturated carbocycles. The van der Waals surface area contributed by atoms with Crippen LogP contribution in [-0.2, 0) is 9.53 Å². The topological polar surface area (TPSA) is 72.5 Å². The second-order valence-electron chi connectivity index (χ2n) is 1.83. The summed E-state index contributed by atoms with van der Waals surface area (Å²) in [6.45, 7) is 1.53. The standard InChI is InChI=1S/C5H11NO3.ClH/c1-3(6)4(7)5(8)9-2;/h3-4,7H,6H2,1-2H3;1H. The Morgan fingerprint density at radius 2 is 2.10 bits per heavy atom. The van der Waals surface area contributed by atoms with Crippen molar-refractivity contribution in [2.45, 2.75) is 19.1 Å². The highest BCUT2D eigenvalue weighted by molar-refractivity contribution is 5.85. The van der Waals surface area contributed by atoms with Crippen LogP contribution in [0.25, 0.3) is 0 Å². The second-order valence-corrected chi connectivity index (χ2v) is 1.83. The number of hydrogen-bond acceptors (Lipinski definition) is 4. The summed E-state index contributed by atoms with van der Waals surface area (Å²) >= 11 is 0. The normalized spacial score (nSPS) is 14.8. The Bertz CT molecular complexity index is 107. The van der Waals surface area contributed by atoms with Gasteiger partial charge in [0.1, 0.15) is 0 Å². The molecule has 0 aliphatic carbocycles. The smallest absolute Gasteiger partial charge is 0.336 e. The predicted octanol–water partition coefficient (Wildman–Crippen LogP) is -0.711. The number of hydrogen-bond donors (Lipinski definition) is 2. The molecule has 5 heteroatoms. The van der Waals surface area contributed by atoms with Gasteiger partial charge in [0.2, 0.25) is 0 Å². The van der Waals surface area contributed by atoms with E-state index in [-0.39, 0.29) is 12.4 Å². The minimum absolute atomic E-state index is 0. The zero-order chi connectivity index (χ0) is 7.44. The van der Waals surface area contributed by atoms with Crippen LogP contribution in [0, 0.1) is 0 Å². The van der Waals surface area contributed by atoms with Crippen LogP contribution < -0.4 is 5.73 Å². The zero-order valence-corrected chi connectivity index (χ0v) is 6.72. The number of halogens is 1. The number of esters is 1. The third-order valence-electron chi connectivity index (χ3n) is 0.941. The quantitative estimate of drug-likeness (QED) is 0.536. The summed E-state index contributed by atoms with van der Waals surface area (Å²) in [6, 6.07) is -0.572. The van der Waals surface area contributed by atoms with Crippen molar-refractivity contribution in [3.8, 4) is 0 Å². The van der Waals surface area contributed by atoms with Crippen molar-refractivity contribution in [2.75, 3.05) is 7.11 Å². The number of nitrogens with two attached hydrogens (primary N) is 1. The van der Waals surface area contributed by atoms with Crippen LogP contribution in [0.15, 0.2) is 0 Å². The molecule has 0 amide bonds. The molecule has 10 heavy (non-hydrogen) atoms. The van der Waals surface area contributed by atoms with Gasteiger partial charge < -0.3 is 15.6 Å². The molecule has 0 aliphatic rings. The molecule has 62 valence electrons. The molecule has 4 nitrogen and oxygen atoms in total. The van der Waals surface area contributed by atoms with Crippen LogP contribution in [0.2, 0.25) is 0 Å². The van der Waals surface area contributed by atoms with Gasteiger partial charge >= 0.3 is 5.97 Å². The minimum Gasteiger partial charge on any atom is -0.467 e. The first-order valence-electron chi connectivity index (χ1n) is 2.61. The lowest BCUT2D eigenvalue weighted by Crippen LogP contribution is -2.38. The maximum absolute atomic E-state index is 10.4. The SMILES string of the molecule is COC(=O)C(O)C(C)N.Cl. The third kappa shape index (κ3) is 3.66. The average molecular weight is 170 g/mol. The number of carbonyl (C=O) groups is 1. The fourth-order valence-electron chi connectivity index (χ4n) is 0.335. The predicted molar refractivity (Wildman–Crippen MR) is 38.9 cm³/mol. The Morgan fingerprint density at radius 3 is 2.20 bits per heavy atom. The molecule has 0 bridgehead atoms. The Kier molecular flexibility index (Phi) is 6.76. The molecule has 0 spiro atoms. The van der Waals surface area contributed by atoms with Gasteiger partial charge in [0.15, 0.2) is 6.10 Å². The summed E-state index contributed by atoms with van der Waals surface area (Å²) in [5.41, 5.74) is 5.16. The molecule has 0 heterocycles. The Labute approximate surface area is 65.8 Å². The number of methoxy groups -OCH3 is 1. The molecule has 0 saturated heterocycles. The lowest BCUT2D eigenvalue weighted by molar-refractivity contribution is -0.151. The van der Waals surface area contributed by atoms with Crippen LogP contribution in [0.3, 0.4) is 0 Å². The van der Waals surface area contributed by atoms with E-state index in [1.165, 1.54) is 14.0 Å². The molecular weight excluding hydrogens is 158 g/mol. The summed E-state index contributed by atoms with van der Waals surface area (Å²) in [7, 11) is 1.20.